The van der Waals surface area contributed by atoms with Gasteiger partial charge in [0, 0.05) is 30.9 Å². The monoisotopic (exact) mass is 250 g/mol. The van der Waals surface area contributed by atoms with Crippen molar-refractivity contribution in [2.45, 2.75) is 18.9 Å². The Kier molecular flexibility index (Phi) is 3.05. The minimum Gasteiger partial charge on any atom is -0.409 e. The van der Waals surface area contributed by atoms with E-state index in [2.05, 4.69) is 5.16 Å². The lowest BCUT2D eigenvalue weighted by molar-refractivity contribution is -0.384. The van der Waals surface area contributed by atoms with E-state index in [0.29, 0.717) is 11.6 Å². The van der Waals surface area contributed by atoms with Crippen LogP contribution in [-0.2, 0) is 0 Å². The lowest BCUT2D eigenvalue weighted by Crippen LogP contribution is -2.24. The van der Waals surface area contributed by atoms with E-state index in [0.717, 1.165) is 18.5 Å². The Balaban J connectivity index is 2.47. The second kappa shape index (κ2) is 4.52. The summed E-state index contributed by atoms with van der Waals surface area (Å²) in [6.45, 7) is 0. The Morgan fingerprint density at radius 1 is 1.61 bits per heavy atom. The number of nitro groups is 1. The molecule has 7 nitrogen and oxygen atoms in total. The summed E-state index contributed by atoms with van der Waals surface area (Å²) in [7, 11) is 1.90. The average Bonchev–Trinajstić information content (AvgIpc) is 3.20. The number of hydrogen-bond donors (Lipinski definition) is 2. The Morgan fingerprint density at radius 3 is 2.78 bits per heavy atom. The highest BCUT2D eigenvalue weighted by Crippen LogP contribution is 2.33. The maximum atomic E-state index is 10.7. The molecule has 0 unspecified atom stereocenters. The Bertz CT molecular complexity index is 511. The molecular weight excluding hydrogens is 236 g/mol. The van der Waals surface area contributed by atoms with Crippen LogP contribution in [0.25, 0.3) is 0 Å². The molecule has 1 aliphatic rings. The van der Waals surface area contributed by atoms with Gasteiger partial charge in [0.15, 0.2) is 5.84 Å². The largest absolute Gasteiger partial charge is 0.409 e. The zero-order chi connectivity index (χ0) is 13.3. The van der Waals surface area contributed by atoms with Gasteiger partial charge in [0.25, 0.3) is 5.69 Å². The third-order valence-corrected chi connectivity index (χ3v) is 3.05. The number of rotatable bonds is 4. The molecule has 0 amide bonds. The second-order valence-electron chi connectivity index (χ2n) is 4.29. The summed E-state index contributed by atoms with van der Waals surface area (Å²) in [6.07, 6.45) is 2.17. The number of nitrogens with zero attached hydrogens (tertiary/aromatic N) is 3. The SMILES string of the molecule is CN(c1ccc([N+](=O)[O-])cc1C(N)=NO)C1CC1. The number of benzene rings is 1. The van der Waals surface area contributed by atoms with Crippen LogP contribution >= 0.6 is 0 Å². The van der Waals surface area contributed by atoms with Gasteiger partial charge in [-0.2, -0.15) is 0 Å². The molecule has 1 aliphatic carbocycles. The van der Waals surface area contributed by atoms with Crippen molar-refractivity contribution in [3.63, 3.8) is 0 Å². The zero-order valence-corrected chi connectivity index (χ0v) is 9.91. The van der Waals surface area contributed by atoms with Crippen molar-refractivity contribution in [3.05, 3.63) is 33.9 Å². The number of hydrogen-bond acceptors (Lipinski definition) is 5. The van der Waals surface area contributed by atoms with Gasteiger partial charge >= 0.3 is 0 Å². The molecule has 3 N–H and O–H groups in total. The van der Waals surface area contributed by atoms with Crippen molar-refractivity contribution in [1.29, 1.82) is 0 Å². The molecule has 1 fully saturated rings. The minimum absolute atomic E-state index is 0.0791. The summed E-state index contributed by atoms with van der Waals surface area (Å²) in [4.78, 5) is 12.2. The van der Waals surface area contributed by atoms with Gasteiger partial charge in [0.05, 0.1) is 10.5 Å². The van der Waals surface area contributed by atoms with Gasteiger partial charge in [0.1, 0.15) is 0 Å². The van der Waals surface area contributed by atoms with Crippen LogP contribution in [0.1, 0.15) is 18.4 Å². The summed E-state index contributed by atoms with van der Waals surface area (Å²) in [5.41, 5.74) is 6.60. The minimum atomic E-state index is -0.505. The molecule has 2 rings (SSSR count). The van der Waals surface area contributed by atoms with Crippen molar-refractivity contribution in [1.82, 2.24) is 0 Å². The van der Waals surface area contributed by atoms with E-state index in [1.807, 2.05) is 11.9 Å². The fourth-order valence-corrected chi connectivity index (χ4v) is 1.86. The van der Waals surface area contributed by atoms with E-state index in [4.69, 9.17) is 10.9 Å². The molecule has 0 aliphatic heterocycles. The molecule has 1 aromatic carbocycles. The molecule has 0 bridgehead atoms. The number of non-ortho nitro benzene ring substituents is 1. The lowest BCUT2D eigenvalue weighted by atomic mass is 10.1. The maximum absolute atomic E-state index is 10.7. The van der Waals surface area contributed by atoms with Gasteiger partial charge in [0.2, 0.25) is 0 Å². The van der Waals surface area contributed by atoms with Crippen molar-refractivity contribution in [2.75, 3.05) is 11.9 Å². The first-order valence-electron chi connectivity index (χ1n) is 5.53. The lowest BCUT2D eigenvalue weighted by Gasteiger charge is -2.21. The third kappa shape index (κ3) is 2.20. The fraction of sp³-hybridized carbons (Fsp3) is 0.364. The van der Waals surface area contributed by atoms with Crippen molar-refractivity contribution < 1.29 is 10.1 Å². The van der Waals surface area contributed by atoms with Crippen LogP contribution in [-0.4, -0.2) is 29.1 Å². The fourth-order valence-electron chi connectivity index (χ4n) is 1.86. The molecule has 0 aromatic heterocycles. The number of nitrogens with two attached hydrogens (primary N) is 1. The predicted octanol–water partition coefficient (Wildman–Crippen LogP) is 1.29. The summed E-state index contributed by atoms with van der Waals surface area (Å²) in [6, 6.07) is 4.80. The van der Waals surface area contributed by atoms with Crippen molar-refractivity contribution >= 4 is 17.2 Å². The van der Waals surface area contributed by atoms with Gasteiger partial charge in [-0.05, 0) is 18.9 Å². The van der Waals surface area contributed by atoms with Crippen LogP contribution in [0.2, 0.25) is 0 Å². The molecule has 18 heavy (non-hydrogen) atoms. The normalized spacial score (nSPS) is 15.5. The second-order valence-corrected chi connectivity index (χ2v) is 4.29. The van der Waals surface area contributed by atoms with Gasteiger partial charge in [-0.25, -0.2) is 0 Å². The van der Waals surface area contributed by atoms with Crippen molar-refractivity contribution in [2.24, 2.45) is 10.9 Å². The van der Waals surface area contributed by atoms with Gasteiger partial charge in [-0.3, -0.25) is 10.1 Å². The van der Waals surface area contributed by atoms with Gasteiger partial charge < -0.3 is 15.8 Å². The highest BCUT2D eigenvalue weighted by atomic mass is 16.6. The van der Waals surface area contributed by atoms with Crippen LogP contribution in [0.4, 0.5) is 11.4 Å². The van der Waals surface area contributed by atoms with Crippen LogP contribution in [0.3, 0.4) is 0 Å². The zero-order valence-electron chi connectivity index (χ0n) is 9.91. The van der Waals surface area contributed by atoms with Gasteiger partial charge in [-0.1, -0.05) is 5.16 Å². The molecule has 7 heteroatoms. The van der Waals surface area contributed by atoms with E-state index in [-0.39, 0.29) is 11.5 Å². The summed E-state index contributed by atoms with van der Waals surface area (Å²) in [5.74, 6) is -0.124. The number of anilines is 1. The highest BCUT2D eigenvalue weighted by molar-refractivity contribution is 6.02. The van der Waals surface area contributed by atoms with E-state index in [1.54, 1.807) is 6.07 Å². The van der Waals surface area contributed by atoms with Crippen LogP contribution in [0, 0.1) is 10.1 Å². The average molecular weight is 250 g/mol. The summed E-state index contributed by atoms with van der Waals surface area (Å²) in [5, 5.41) is 22.4. The molecule has 0 saturated heterocycles. The van der Waals surface area contributed by atoms with E-state index < -0.39 is 4.92 Å². The van der Waals surface area contributed by atoms with E-state index in [9.17, 15) is 10.1 Å². The van der Waals surface area contributed by atoms with Crippen LogP contribution in [0.5, 0.6) is 0 Å². The molecule has 0 atom stereocenters. The number of nitro benzene ring substituents is 1. The summed E-state index contributed by atoms with van der Waals surface area (Å²) < 4.78 is 0. The maximum Gasteiger partial charge on any atom is 0.270 e. The van der Waals surface area contributed by atoms with Gasteiger partial charge in [-0.15, -0.1) is 0 Å². The highest BCUT2D eigenvalue weighted by Gasteiger charge is 2.29. The summed E-state index contributed by atoms with van der Waals surface area (Å²) >= 11 is 0. The molecule has 1 aromatic rings. The molecular formula is C11H14N4O3. The first kappa shape index (κ1) is 12.2. The van der Waals surface area contributed by atoms with Crippen LogP contribution in [0.15, 0.2) is 23.4 Å². The molecule has 0 heterocycles. The van der Waals surface area contributed by atoms with Crippen molar-refractivity contribution in [3.8, 4) is 0 Å². The molecule has 96 valence electrons. The number of amidine groups is 1. The van der Waals surface area contributed by atoms with Crippen LogP contribution < -0.4 is 10.6 Å². The Labute approximate surface area is 104 Å². The Morgan fingerprint density at radius 2 is 2.28 bits per heavy atom. The third-order valence-electron chi connectivity index (χ3n) is 3.05. The predicted molar refractivity (Wildman–Crippen MR) is 67.0 cm³/mol. The number of oxime groups is 1. The Hall–Kier alpha value is -2.31. The topological polar surface area (TPSA) is 105 Å². The van der Waals surface area contributed by atoms with E-state index >= 15 is 0 Å². The van der Waals surface area contributed by atoms with E-state index in [1.165, 1.54) is 12.1 Å². The smallest absolute Gasteiger partial charge is 0.270 e. The quantitative estimate of drug-likeness (QED) is 0.275. The first-order valence-corrected chi connectivity index (χ1v) is 5.53. The molecule has 1 saturated carbocycles. The first-order chi connectivity index (χ1) is 8.54. The standard InChI is InChI=1S/C11H14N4O3/c1-14(7-2-3-7)10-5-4-8(15(17)18)6-9(10)11(12)13-16/h4-7,16H,2-3H2,1H3,(H2,12,13). The molecule has 0 radical (unpaired) electrons. The molecule has 0 spiro atoms.